The van der Waals surface area contributed by atoms with E-state index in [9.17, 15) is 0 Å². The molecule has 1 aromatic carbocycles. The van der Waals surface area contributed by atoms with Gasteiger partial charge in [0, 0.05) is 11.6 Å². The van der Waals surface area contributed by atoms with Gasteiger partial charge in [0.1, 0.15) is 5.75 Å². The van der Waals surface area contributed by atoms with Crippen molar-refractivity contribution in [3.8, 4) is 5.75 Å². The fraction of sp³-hybridized carbons (Fsp3) is 0.538. The van der Waals surface area contributed by atoms with Crippen LogP contribution >= 0.6 is 15.9 Å². The molecule has 0 radical (unpaired) electrons. The van der Waals surface area contributed by atoms with E-state index in [0.717, 1.165) is 22.2 Å². The summed E-state index contributed by atoms with van der Waals surface area (Å²) in [5.74, 6) is 6.46. The number of rotatable bonds is 6. The van der Waals surface area contributed by atoms with Gasteiger partial charge in [0.15, 0.2) is 0 Å². The predicted molar refractivity (Wildman–Crippen MR) is 76.6 cm³/mol. The fourth-order valence-electron chi connectivity index (χ4n) is 1.70. The van der Waals surface area contributed by atoms with Crippen LogP contribution in [0.4, 0.5) is 0 Å². The van der Waals surface area contributed by atoms with Gasteiger partial charge in [-0.2, -0.15) is 0 Å². The van der Waals surface area contributed by atoms with Crippen molar-refractivity contribution in [3.05, 3.63) is 28.2 Å². The highest BCUT2D eigenvalue weighted by Gasteiger charge is 2.29. The van der Waals surface area contributed by atoms with E-state index < -0.39 is 0 Å². The lowest BCUT2D eigenvalue weighted by Gasteiger charge is -2.32. The van der Waals surface area contributed by atoms with Gasteiger partial charge in [0.25, 0.3) is 0 Å². The summed E-state index contributed by atoms with van der Waals surface area (Å²) in [5, 5.41) is 0. The summed E-state index contributed by atoms with van der Waals surface area (Å²) in [4.78, 5) is 0. The summed E-state index contributed by atoms with van der Waals surface area (Å²) in [6.45, 7) is 4.01. The lowest BCUT2D eigenvalue weighted by atomic mass is 9.92. The Hall–Kier alpha value is -0.620. The van der Waals surface area contributed by atoms with E-state index in [1.165, 1.54) is 0 Å². The third kappa shape index (κ3) is 3.68. The molecule has 3 N–H and O–H groups in total. The first-order chi connectivity index (χ1) is 8.44. The molecule has 0 aromatic heterocycles. The van der Waals surface area contributed by atoms with Crippen LogP contribution in [-0.2, 0) is 11.2 Å². The lowest BCUT2D eigenvalue weighted by Crippen LogP contribution is -2.52. The average molecular weight is 317 g/mol. The van der Waals surface area contributed by atoms with Gasteiger partial charge < -0.3 is 9.47 Å². The molecule has 0 aliphatic heterocycles. The molecule has 0 saturated carbocycles. The van der Waals surface area contributed by atoms with Crippen LogP contribution in [0.1, 0.15) is 19.4 Å². The molecule has 1 aromatic rings. The highest BCUT2D eigenvalue weighted by atomic mass is 79.9. The second kappa shape index (κ2) is 6.52. The van der Waals surface area contributed by atoms with E-state index in [0.29, 0.717) is 0 Å². The molecular weight excluding hydrogens is 296 g/mol. The molecule has 0 fully saturated rings. The molecule has 4 nitrogen and oxygen atoms in total. The third-order valence-corrected chi connectivity index (χ3v) is 4.02. The highest BCUT2D eigenvalue weighted by Crippen LogP contribution is 2.26. The van der Waals surface area contributed by atoms with Crippen LogP contribution in [0, 0.1) is 0 Å². The summed E-state index contributed by atoms with van der Waals surface area (Å²) >= 11 is 3.54. The van der Waals surface area contributed by atoms with Gasteiger partial charge in [-0.05, 0) is 44.0 Å². The molecule has 0 spiro atoms. The zero-order valence-electron chi connectivity index (χ0n) is 11.3. The van der Waals surface area contributed by atoms with Crippen molar-refractivity contribution in [3.63, 3.8) is 0 Å². The van der Waals surface area contributed by atoms with Crippen LogP contribution in [0.15, 0.2) is 22.7 Å². The summed E-state index contributed by atoms with van der Waals surface area (Å²) in [6.07, 6.45) is 0.745. The number of ether oxygens (including phenoxy) is 2. The third-order valence-electron chi connectivity index (χ3n) is 3.24. The molecular formula is C13H21BrN2O2. The first-order valence-corrected chi connectivity index (χ1v) is 6.57. The Bertz CT molecular complexity index is 397. The van der Waals surface area contributed by atoms with Gasteiger partial charge in [-0.1, -0.05) is 15.9 Å². The second-order valence-corrected chi connectivity index (χ2v) is 5.54. The number of hydrogen-bond donors (Lipinski definition) is 2. The number of halogens is 1. The van der Waals surface area contributed by atoms with Gasteiger partial charge in [0.2, 0.25) is 0 Å². The molecule has 0 amide bonds. The largest absolute Gasteiger partial charge is 0.497 e. The maximum absolute atomic E-state index is 5.63. The molecule has 1 rings (SSSR count). The summed E-state index contributed by atoms with van der Waals surface area (Å²) in [5.41, 5.74) is 3.60. The van der Waals surface area contributed by atoms with Crippen LogP contribution < -0.4 is 16.0 Å². The number of nitrogens with one attached hydrogen (secondary N) is 1. The van der Waals surface area contributed by atoms with E-state index in [1.54, 1.807) is 14.2 Å². The lowest BCUT2D eigenvalue weighted by molar-refractivity contribution is -0.0101. The Balaban J connectivity index is 2.94. The van der Waals surface area contributed by atoms with E-state index >= 15 is 0 Å². The minimum atomic E-state index is -0.350. The summed E-state index contributed by atoms with van der Waals surface area (Å²) < 4.78 is 11.7. The van der Waals surface area contributed by atoms with Crippen LogP contribution in [-0.4, -0.2) is 25.9 Å². The van der Waals surface area contributed by atoms with E-state index in [4.69, 9.17) is 15.3 Å². The smallest absolute Gasteiger partial charge is 0.119 e. The van der Waals surface area contributed by atoms with Crippen molar-refractivity contribution < 1.29 is 9.47 Å². The number of nitrogens with two attached hydrogens (primary N) is 1. The Kier molecular flexibility index (Phi) is 5.59. The molecule has 5 heteroatoms. The Morgan fingerprint density at radius 2 is 2.06 bits per heavy atom. The van der Waals surface area contributed by atoms with Crippen molar-refractivity contribution in [2.24, 2.45) is 5.84 Å². The Labute approximate surface area is 117 Å². The van der Waals surface area contributed by atoms with Gasteiger partial charge in [-0.15, -0.1) is 0 Å². The van der Waals surface area contributed by atoms with Crippen LogP contribution in [0.5, 0.6) is 5.75 Å². The van der Waals surface area contributed by atoms with Crippen molar-refractivity contribution in [2.75, 3.05) is 14.2 Å². The quantitative estimate of drug-likeness (QED) is 0.624. The number of benzene rings is 1. The zero-order valence-corrected chi connectivity index (χ0v) is 12.9. The molecule has 0 aliphatic rings. The molecule has 0 bridgehead atoms. The maximum atomic E-state index is 5.63. The minimum absolute atomic E-state index is 0.00547. The Morgan fingerprint density at radius 3 is 2.56 bits per heavy atom. The van der Waals surface area contributed by atoms with Crippen molar-refractivity contribution >= 4 is 15.9 Å². The van der Waals surface area contributed by atoms with Gasteiger partial charge in [-0.3, -0.25) is 11.3 Å². The standard InChI is InChI=1S/C13H21BrN2O2/c1-13(2,18-4)12(16-15)8-9-7-10(17-3)5-6-11(9)14/h5-7,12,16H,8,15H2,1-4H3. The predicted octanol–water partition coefficient (Wildman–Crippen LogP) is 2.26. The van der Waals surface area contributed by atoms with Crippen LogP contribution in [0.25, 0.3) is 0 Å². The number of hydrazine groups is 1. The highest BCUT2D eigenvalue weighted by molar-refractivity contribution is 9.10. The number of hydrogen-bond acceptors (Lipinski definition) is 4. The van der Waals surface area contributed by atoms with Crippen molar-refractivity contribution in [2.45, 2.75) is 31.9 Å². The average Bonchev–Trinajstić information content (AvgIpc) is 2.37. The van der Waals surface area contributed by atoms with E-state index in [2.05, 4.69) is 21.4 Å². The maximum Gasteiger partial charge on any atom is 0.119 e. The van der Waals surface area contributed by atoms with E-state index in [-0.39, 0.29) is 11.6 Å². The normalized spacial score (nSPS) is 13.4. The minimum Gasteiger partial charge on any atom is -0.497 e. The summed E-state index contributed by atoms with van der Waals surface area (Å²) in [6, 6.07) is 5.90. The molecule has 1 unspecified atom stereocenters. The van der Waals surface area contributed by atoms with E-state index in [1.807, 2.05) is 32.0 Å². The van der Waals surface area contributed by atoms with Crippen molar-refractivity contribution in [1.82, 2.24) is 5.43 Å². The second-order valence-electron chi connectivity index (χ2n) is 4.69. The number of methoxy groups -OCH3 is 2. The molecule has 0 aliphatic carbocycles. The summed E-state index contributed by atoms with van der Waals surface area (Å²) in [7, 11) is 3.34. The zero-order chi connectivity index (χ0) is 13.8. The van der Waals surface area contributed by atoms with Gasteiger partial charge in [-0.25, -0.2) is 0 Å². The fourth-order valence-corrected chi connectivity index (χ4v) is 2.11. The molecule has 102 valence electrons. The van der Waals surface area contributed by atoms with Crippen LogP contribution in [0.3, 0.4) is 0 Å². The van der Waals surface area contributed by atoms with Gasteiger partial charge in [0.05, 0.1) is 18.8 Å². The molecule has 1 atom stereocenters. The topological polar surface area (TPSA) is 56.5 Å². The molecule has 18 heavy (non-hydrogen) atoms. The Morgan fingerprint density at radius 1 is 1.39 bits per heavy atom. The molecule has 0 saturated heterocycles. The van der Waals surface area contributed by atoms with Crippen molar-refractivity contribution in [1.29, 1.82) is 0 Å². The monoisotopic (exact) mass is 316 g/mol. The first-order valence-electron chi connectivity index (χ1n) is 5.78. The van der Waals surface area contributed by atoms with Gasteiger partial charge >= 0.3 is 0 Å². The molecule has 0 heterocycles. The SMILES string of the molecule is COc1ccc(Br)c(CC(NN)C(C)(C)OC)c1. The van der Waals surface area contributed by atoms with Crippen LogP contribution in [0.2, 0.25) is 0 Å². The first kappa shape index (κ1) is 15.4.